The molecule has 0 spiro atoms. The maximum atomic E-state index is 10.8. The van der Waals surface area contributed by atoms with Crippen molar-refractivity contribution < 1.29 is 36.3 Å². The molecule has 0 fully saturated rings. The van der Waals surface area contributed by atoms with E-state index in [2.05, 4.69) is 9.98 Å². The van der Waals surface area contributed by atoms with E-state index in [0.717, 1.165) is 12.8 Å². The number of hydrogen-bond donors (Lipinski definition) is 0. The summed E-state index contributed by atoms with van der Waals surface area (Å²) in [5.74, 6) is -2.40. The predicted octanol–water partition coefficient (Wildman–Crippen LogP) is -0.0569. The molecule has 0 aromatic rings. The van der Waals surface area contributed by atoms with Crippen LogP contribution in [-0.2, 0) is 26.1 Å². The Labute approximate surface area is 194 Å². The van der Waals surface area contributed by atoms with Crippen molar-refractivity contribution in [3.63, 3.8) is 0 Å². The van der Waals surface area contributed by atoms with Crippen LogP contribution in [0.2, 0.25) is 0 Å². The molecule has 0 saturated heterocycles. The molecule has 9 heteroatoms. The van der Waals surface area contributed by atoms with Crippen LogP contribution < -0.4 is 10.2 Å². The molecule has 172 valence electrons. The summed E-state index contributed by atoms with van der Waals surface area (Å²) in [5.41, 5.74) is 2.37. The van der Waals surface area contributed by atoms with E-state index in [9.17, 15) is 19.8 Å². The molecule has 2 aliphatic carbocycles. The number of hydrogen-bond acceptors (Lipinski definition) is 6. The first-order valence-corrected chi connectivity index (χ1v) is 9.93. The largest absolute Gasteiger partial charge is 2.00 e. The van der Waals surface area contributed by atoms with Crippen molar-refractivity contribution in [3.8, 4) is 0 Å². The van der Waals surface area contributed by atoms with Gasteiger partial charge in [-0.1, -0.05) is 36.5 Å². The van der Waals surface area contributed by atoms with E-state index in [-0.39, 0.29) is 28.2 Å². The van der Waals surface area contributed by atoms with Crippen molar-refractivity contribution in [2.45, 2.75) is 26.7 Å². The number of carboxylic acids is 2. The number of amidine groups is 2. The molecule has 0 radical (unpaired) electrons. The number of aliphatic imine (C=N–C) groups is 2. The van der Waals surface area contributed by atoms with Crippen LogP contribution in [0.4, 0.5) is 0 Å². The van der Waals surface area contributed by atoms with Crippen molar-refractivity contribution >= 4 is 23.6 Å². The summed E-state index contributed by atoms with van der Waals surface area (Å²) in [5, 5.41) is 21.6. The monoisotopic (exact) mass is 472 g/mol. The second kappa shape index (κ2) is 15.2. The second-order valence-corrected chi connectivity index (χ2v) is 6.80. The van der Waals surface area contributed by atoms with Gasteiger partial charge in [0.25, 0.3) is 0 Å². The number of likely N-dealkylation sites (N-methyl/N-ethyl adjacent to an activating group) is 2. The van der Waals surface area contributed by atoms with Gasteiger partial charge in [0.05, 0.1) is 0 Å². The van der Waals surface area contributed by atoms with Crippen LogP contribution in [-0.4, -0.2) is 73.7 Å². The molecule has 2 aliphatic rings. The van der Waals surface area contributed by atoms with Gasteiger partial charge in [-0.15, -0.1) is 0 Å². The first-order valence-electron chi connectivity index (χ1n) is 9.93. The Hall–Kier alpha value is -2.67. The molecule has 0 aromatic heterocycles. The Bertz CT molecular complexity index is 731. The smallest absolute Gasteiger partial charge is 0.542 e. The fourth-order valence-electron chi connectivity index (χ4n) is 2.96. The minimum absolute atomic E-state index is 0. The normalized spacial score (nSPS) is 14.8. The summed E-state index contributed by atoms with van der Waals surface area (Å²) in [7, 11) is 3.42. The van der Waals surface area contributed by atoms with Crippen molar-refractivity contribution in [1.29, 1.82) is 0 Å². The van der Waals surface area contributed by atoms with Crippen molar-refractivity contribution in [2.75, 3.05) is 40.3 Å². The zero-order valence-electron chi connectivity index (χ0n) is 18.4. The van der Waals surface area contributed by atoms with Crippen LogP contribution in [0.15, 0.2) is 57.6 Å². The molecule has 0 aliphatic heterocycles. The summed E-state index contributed by atoms with van der Waals surface area (Å²) >= 11 is 0. The van der Waals surface area contributed by atoms with Gasteiger partial charge in [0, 0.05) is 40.3 Å². The molecule has 31 heavy (non-hydrogen) atoms. The van der Waals surface area contributed by atoms with Crippen LogP contribution >= 0.6 is 0 Å². The molecule has 2 rings (SSSR count). The third-order valence-corrected chi connectivity index (χ3v) is 4.28. The van der Waals surface area contributed by atoms with Crippen LogP contribution in [0.1, 0.15) is 26.7 Å². The van der Waals surface area contributed by atoms with Gasteiger partial charge in [0.15, 0.2) is 0 Å². The summed E-state index contributed by atoms with van der Waals surface area (Å²) < 4.78 is 0. The fourth-order valence-corrected chi connectivity index (χ4v) is 2.96. The minimum Gasteiger partial charge on any atom is -0.542 e. The maximum Gasteiger partial charge on any atom is 2.00 e. The van der Waals surface area contributed by atoms with Gasteiger partial charge in [-0.25, -0.2) is 0 Å². The number of rotatable bonds is 6. The standard InChI is InChI=1S/2C11H16N2O2.Ni/c2*1-3-12-10(11(14)15)13(2)8-9-6-4-5-7-9;/h2*4-6H,3,7-8H2,1-2H3,(H,14,15);/q;;+2/p-2. The van der Waals surface area contributed by atoms with Gasteiger partial charge >= 0.3 is 16.5 Å². The molecule has 0 atom stereocenters. The molecule has 0 unspecified atom stereocenters. The molecule has 0 aromatic carbocycles. The van der Waals surface area contributed by atoms with Crippen molar-refractivity contribution in [3.05, 3.63) is 47.6 Å². The first-order chi connectivity index (χ1) is 14.3. The number of carbonyl (C=O) groups excluding carboxylic acids is 2. The number of aliphatic carboxylic acids is 2. The number of allylic oxidation sites excluding steroid dienone is 6. The van der Waals surface area contributed by atoms with Crippen LogP contribution in [0.3, 0.4) is 0 Å². The summed E-state index contributed by atoms with van der Waals surface area (Å²) in [6.07, 6.45) is 13.8. The number of nitrogens with zero attached hydrogens (tertiary/aromatic N) is 4. The molecular weight excluding hydrogens is 443 g/mol. The van der Waals surface area contributed by atoms with Gasteiger partial charge in [-0.2, -0.15) is 0 Å². The molecule has 0 amide bonds. The van der Waals surface area contributed by atoms with E-state index in [1.165, 1.54) is 11.1 Å². The average molecular weight is 473 g/mol. The van der Waals surface area contributed by atoms with E-state index in [1.807, 2.05) is 36.5 Å². The Morgan fingerprint density at radius 2 is 1.19 bits per heavy atom. The minimum atomic E-state index is -1.22. The third kappa shape index (κ3) is 10.3. The van der Waals surface area contributed by atoms with Crippen molar-refractivity contribution in [1.82, 2.24) is 9.80 Å². The molecule has 0 bridgehead atoms. The Balaban J connectivity index is 0.000000562. The topological polar surface area (TPSA) is 111 Å². The van der Waals surface area contributed by atoms with E-state index < -0.39 is 11.9 Å². The summed E-state index contributed by atoms with van der Waals surface area (Å²) in [6, 6.07) is 0. The average Bonchev–Trinajstić information content (AvgIpc) is 3.38. The Kier molecular flexibility index (Phi) is 13.9. The molecule has 8 nitrogen and oxygen atoms in total. The second-order valence-electron chi connectivity index (χ2n) is 6.80. The number of carboxylic acid groups (broad SMARTS) is 2. The predicted molar refractivity (Wildman–Crippen MR) is 115 cm³/mol. The molecule has 0 saturated carbocycles. The summed E-state index contributed by atoms with van der Waals surface area (Å²) in [6.45, 7) is 5.66. The van der Waals surface area contributed by atoms with E-state index in [0.29, 0.717) is 26.2 Å². The quantitative estimate of drug-likeness (QED) is 0.304. The first kappa shape index (κ1) is 28.3. The van der Waals surface area contributed by atoms with E-state index in [1.54, 1.807) is 37.7 Å². The van der Waals surface area contributed by atoms with E-state index in [4.69, 9.17) is 0 Å². The van der Waals surface area contributed by atoms with Crippen LogP contribution in [0.25, 0.3) is 0 Å². The zero-order chi connectivity index (χ0) is 22.5. The van der Waals surface area contributed by atoms with Crippen molar-refractivity contribution in [2.24, 2.45) is 9.98 Å². The fraction of sp³-hybridized carbons (Fsp3) is 0.455. The zero-order valence-corrected chi connectivity index (χ0v) is 19.4. The Morgan fingerprint density at radius 1 is 0.839 bits per heavy atom. The van der Waals surface area contributed by atoms with Crippen LogP contribution in [0.5, 0.6) is 0 Å². The SMILES string of the molecule is CCN=C(C(=O)[O-])N(C)CC1=CC=CC1.CCN=C(C(=O)[O-])N(C)CC1=CC=CC1.[Ni+2]. The van der Waals surface area contributed by atoms with E-state index >= 15 is 0 Å². The summed E-state index contributed by atoms with van der Waals surface area (Å²) in [4.78, 5) is 32.6. The molecule has 0 heterocycles. The van der Waals surface area contributed by atoms with Gasteiger partial charge in [-0.05, 0) is 37.8 Å². The van der Waals surface area contributed by atoms with Crippen LogP contribution in [0, 0.1) is 0 Å². The van der Waals surface area contributed by atoms with Gasteiger partial charge < -0.3 is 29.6 Å². The van der Waals surface area contributed by atoms with Gasteiger partial charge in [0.1, 0.15) is 23.6 Å². The third-order valence-electron chi connectivity index (χ3n) is 4.28. The number of carbonyl (C=O) groups is 2. The molecular formula is C22H30N4NiO4. The molecule has 0 N–H and O–H groups in total. The maximum absolute atomic E-state index is 10.8. The van der Waals surface area contributed by atoms with Gasteiger partial charge in [-0.3, -0.25) is 9.98 Å². The Morgan fingerprint density at radius 3 is 1.42 bits per heavy atom. The van der Waals surface area contributed by atoms with Gasteiger partial charge in [0.2, 0.25) is 0 Å².